The van der Waals surface area contributed by atoms with Crippen molar-refractivity contribution in [1.29, 1.82) is 0 Å². The minimum Gasteiger partial charge on any atom is -0.496 e. The van der Waals surface area contributed by atoms with Gasteiger partial charge < -0.3 is 10.1 Å². The molecule has 2 heterocycles. The molecule has 0 saturated carbocycles. The number of pyridine rings is 1. The van der Waals surface area contributed by atoms with Gasteiger partial charge >= 0.3 is 0 Å². The lowest BCUT2D eigenvalue weighted by Crippen LogP contribution is -2.37. The molecule has 1 aromatic carbocycles. The Balaban J connectivity index is 1.76. The highest BCUT2D eigenvalue weighted by atomic mass is 35.5. The molecule has 1 aliphatic rings. The first-order valence-electron chi connectivity index (χ1n) is 8.46. The molecule has 25 heavy (non-hydrogen) atoms. The van der Waals surface area contributed by atoms with E-state index in [2.05, 4.69) is 21.3 Å². The zero-order valence-electron chi connectivity index (χ0n) is 14.2. The average molecular weight is 360 g/mol. The molecular formula is C19H22ClN3O2. The summed E-state index contributed by atoms with van der Waals surface area (Å²) >= 11 is 5.78. The number of hydrogen-bond acceptors (Lipinski definition) is 4. The van der Waals surface area contributed by atoms with E-state index in [1.807, 2.05) is 18.2 Å². The molecule has 0 bridgehead atoms. The number of likely N-dealkylation sites (tertiary alicyclic amines) is 1. The predicted molar refractivity (Wildman–Crippen MR) is 98.1 cm³/mol. The summed E-state index contributed by atoms with van der Waals surface area (Å²) in [7, 11) is 1.68. The van der Waals surface area contributed by atoms with Crippen LogP contribution in [0.25, 0.3) is 0 Å². The van der Waals surface area contributed by atoms with Crippen molar-refractivity contribution in [1.82, 2.24) is 15.2 Å². The molecule has 132 valence electrons. The number of ether oxygens (including phenoxy) is 1. The molecule has 0 spiro atoms. The van der Waals surface area contributed by atoms with E-state index in [0.29, 0.717) is 17.3 Å². The van der Waals surface area contributed by atoms with Crippen molar-refractivity contribution < 1.29 is 9.53 Å². The number of hydrogen-bond donors (Lipinski definition) is 1. The Kier molecular flexibility index (Phi) is 5.89. The van der Waals surface area contributed by atoms with E-state index < -0.39 is 0 Å². The maximum Gasteiger partial charge on any atom is 0.252 e. The lowest BCUT2D eigenvalue weighted by atomic mass is 10.0. The van der Waals surface area contributed by atoms with Crippen LogP contribution in [0.5, 0.6) is 5.75 Å². The number of methoxy groups -OCH3 is 1. The van der Waals surface area contributed by atoms with Gasteiger partial charge in [0.2, 0.25) is 0 Å². The minimum absolute atomic E-state index is 0.0860. The summed E-state index contributed by atoms with van der Waals surface area (Å²) in [5.41, 5.74) is 1.60. The maximum atomic E-state index is 12.4. The molecule has 0 radical (unpaired) electrons. The van der Waals surface area contributed by atoms with Gasteiger partial charge in [-0.2, -0.15) is 0 Å². The van der Waals surface area contributed by atoms with Gasteiger partial charge in [-0.25, -0.2) is 4.98 Å². The molecular weight excluding hydrogens is 338 g/mol. The summed E-state index contributed by atoms with van der Waals surface area (Å²) in [6, 6.07) is 11.4. The van der Waals surface area contributed by atoms with Crippen LogP contribution in [0.15, 0.2) is 42.6 Å². The van der Waals surface area contributed by atoms with Crippen LogP contribution in [0.3, 0.4) is 0 Å². The summed E-state index contributed by atoms with van der Waals surface area (Å²) in [6.45, 7) is 2.57. The predicted octanol–water partition coefficient (Wildman–Crippen LogP) is 3.31. The largest absolute Gasteiger partial charge is 0.496 e. The highest BCUT2D eigenvalue weighted by Gasteiger charge is 2.26. The summed E-state index contributed by atoms with van der Waals surface area (Å²) in [4.78, 5) is 18.8. The fourth-order valence-electron chi connectivity index (χ4n) is 3.23. The van der Waals surface area contributed by atoms with E-state index in [9.17, 15) is 4.79 Å². The molecule has 2 aromatic rings. The highest BCUT2D eigenvalue weighted by molar-refractivity contribution is 6.29. The molecule has 1 saturated heterocycles. The van der Waals surface area contributed by atoms with Crippen LogP contribution < -0.4 is 10.1 Å². The lowest BCUT2D eigenvalue weighted by Gasteiger charge is -2.29. The Hall–Kier alpha value is -2.11. The fraction of sp³-hybridized carbons (Fsp3) is 0.368. The van der Waals surface area contributed by atoms with Crippen LogP contribution in [0.4, 0.5) is 0 Å². The first kappa shape index (κ1) is 17.7. The second-order valence-electron chi connectivity index (χ2n) is 6.08. The second kappa shape index (κ2) is 8.32. The van der Waals surface area contributed by atoms with Crippen LogP contribution in [0, 0.1) is 0 Å². The van der Waals surface area contributed by atoms with E-state index >= 15 is 0 Å². The molecule has 1 amide bonds. The van der Waals surface area contributed by atoms with Crippen LogP contribution in [0.1, 0.15) is 34.8 Å². The fourth-order valence-corrected chi connectivity index (χ4v) is 3.34. The van der Waals surface area contributed by atoms with Gasteiger partial charge in [-0.05, 0) is 44.1 Å². The van der Waals surface area contributed by atoms with Crippen molar-refractivity contribution in [3.8, 4) is 5.75 Å². The second-order valence-corrected chi connectivity index (χ2v) is 6.47. The Labute approximate surface area is 153 Å². The van der Waals surface area contributed by atoms with Crippen LogP contribution in [-0.2, 0) is 0 Å². The van der Waals surface area contributed by atoms with E-state index in [4.69, 9.17) is 16.3 Å². The van der Waals surface area contributed by atoms with E-state index in [-0.39, 0.29) is 11.9 Å². The number of nitrogens with zero attached hydrogens (tertiary/aromatic N) is 2. The standard InChI is InChI=1S/C19H22ClN3O2/c1-25-17-7-3-2-6-15(17)16(23-10-4-5-11-23)13-22-19(24)14-8-9-18(20)21-12-14/h2-3,6-9,12,16H,4-5,10-11,13H2,1H3,(H,22,24). The average Bonchev–Trinajstić information content (AvgIpc) is 3.17. The summed E-state index contributed by atoms with van der Waals surface area (Å²) in [5.74, 6) is 0.699. The summed E-state index contributed by atoms with van der Waals surface area (Å²) < 4.78 is 5.53. The number of halogens is 1. The monoisotopic (exact) mass is 359 g/mol. The molecule has 1 fully saturated rings. The Morgan fingerprint density at radius 1 is 1.28 bits per heavy atom. The van der Waals surface area contributed by atoms with Crippen molar-refractivity contribution in [2.45, 2.75) is 18.9 Å². The molecule has 1 atom stereocenters. The van der Waals surface area contributed by atoms with Gasteiger partial charge in [0.15, 0.2) is 0 Å². The third-order valence-corrected chi connectivity index (χ3v) is 4.75. The van der Waals surface area contributed by atoms with Crippen molar-refractivity contribution in [2.24, 2.45) is 0 Å². The van der Waals surface area contributed by atoms with Gasteiger partial charge in [-0.15, -0.1) is 0 Å². The molecule has 0 aliphatic carbocycles. The highest BCUT2D eigenvalue weighted by Crippen LogP contribution is 2.31. The molecule has 6 heteroatoms. The Morgan fingerprint density at radius 2 is 2.04 bits per heavy atom. The molecule has 1 N–H and O–H groups in total. The molecule has 1 aliphatic heterocycles. The quantitative estimate of drug-likeness (QED) is 0.804. The van der Waals surface area contributed by atoms with Gasteiger partial charge in [0.05, 0.1) is 18.7 Å². The molecule has 3 rings (SSSR count). The van der Waals surface area contributed by atoms with Gasteiger partial charge in [0.1, 0.15) is 10.9 Å². The van der Waals surface area contributed by atoms with Crippen LogP contribution >= 0.6 is 11.6 Å². The van der Waals surface area contributed by atoms with Crippen molar-refractivity contribution in [3.63, 3.8) is 0 Å². The van der Waals surface area contributed by atoms with E-state index in [1.165, 1.54) is 19.0 Å². The van der Waals surface area contributed by atoms with Crippen LogP contribution in [0.2, 0.25) is 5.15 Å². The number of carbonyl (C=O) groups is 1. The number of aromatic nitrogens is 1. The van der Waals surface area contributed by atoms with Gasteiger partial charge in [0.25, 0.3) is 5.91 Å². The number of carbonyl (C=O) groups excluding carboxylic acids is 1. The third-order valence-electron chi connectivity index (χ3n) is 4.52. The summed E-state index contributed by atoms with van der Waals surface area (Å²) in [6.07, 6.45) is 3.85. The van der Waals surface area contributed by atoms with Gasteiger partial charge in [0, 0.05) is 18.3 Å². The third kappa shape index (κ3) is 4.30. The topological polar surface area (TPSA) is 54.5 Å². The van der Waals surface area contributed by atoms with Crippen LogP contribution in [-0.4, -0.2) is 42.5 Å². The van der Waals surface area contributed by atoms with Gasteiger partial charge in [-0.3, -0.25) is 9.69 Å². The van der Waals surface area contributed by atoms with Crippen molar-refractivity contribution in [3.05, 3.63) is 58.9 Å². The molecule has 1 aromatic heterocycles. The Bertz CT molecular complexity index is 715. The molecule has 1 unspecified atom stereocenters. The number of rotatable bonds is 6. The first-order valence-corrected chi connectivity index (χ1v) is 8.83. The maximum absolute atomic E-state index is 12.4. The van der Waals surface area contributed by atoms with E-state index in [1.54, 1.807) is 19.2 Å². The van der Waals surface area contributed by atoms with Crippen molar-refractivity contribution >= 4 is 17.5 Å². The van der Waals surface area contributed by atoms with E-state index in [0.717, 1.165) is 24.4 Å². The first-order chi connectivity index (χ1) is 12.2. The number of nitrogens with one attached hydrogen (secondary N) is 1. The van der Waals surface area contributed by atoms with Crippen molar-refractivity contribution in [2.75, 3.05) is 26.7 Å². The normalized spacial score (nSPS) is 15.8. The van der Waals surface area contributed by atoms with Gasteiger partial charge in [-0.1, -0.05) is 29.8 Å². The zero-order valence-corrected chi connectivity index (χ0v) is 15.0. The lowest BCUT2D eigenvalue weighted by molar-refractivity contribution is 0.0937. The summed E-state index contributed by atoms with van der Waals surface area (Å²) in [5, 5.41) is 3.40. The minimum atomic E-state index is -0.150. The zero-order chi connectivity index (χ0) is 17.6. The smallest absolute Gasteiger partial charge is 0.252 e. The Morgan fingerprint density at radius 3 is 2.72 bits per heavy atom. The molecule has 5 nitrogen and oxygen atoms in total. The number of para-hydroxylation sites is 1. The number of benzene rings is 1. The SMILES string of the molecule is COc1ccccc1C(CNC(=O)c1ccc(Cl)nc1)N1CCCC1. The number of amides is 1.